The van der Waals surface area contributed by atoms with Crippen LogP contribution < -0.4 is 9.47 Å². The number of ether oxygens (including phenoxy) is 2. The van der Waals surface area contributed by atoms with Crippen molar-refractivity contribution in [3.63, 3.8) is 0 Å². The summed E-state index contributed by atoms with van der Waals surface area (Å²) in [4.78, 5) is 11.4. The molecule has 37 heavy (non-hydrogen) atoms. The third-order valence-corrected chi connectivity index (χ3v) is 7.20. The summed E-state index contributed by atoms with van der Waals surface area (Å²) < 4.78 is 12.0. The summed E-state index contributed by atoms with van der Waals surface area (Å²) in [5, 5.41) is 9.37. The highest BCUT2D eigenvalue weighted by Gasteiger charge is 2.11. The quantitative estimate of drug-likeness (QED) is 0.118. The number of hydrogen-bond acceptors (Lipinski definition) is 3. The van der Waals surface area contributed by atoms with Crippen LogP contribution in [0.3, 0.4) is 0 Å². The lowest BCUT2D eigenvalue weighted by atomic mass is 10.1. The molecule has 4 nitrogen and oxygen atoms in total. The molecule has 0 aliphatic rings. The van der Waals surface area contributed by atoms with Gasteiger partial charge < -0.3 is 14.6 Å². The Hall–Kier alpha value is -1.71. The minimum Gasteiger partial charge on any atom is -0.490 e. The van der Waals surface area contributed by atoms with Crippen LogP contribution in [0, 0.1) is 0 Å². The Balaban J connectivity index is 2.17. The van der Waals surface area contributed by atoms with Gasteiger partial charge in [0.1, 0.15) is 0 Å². The number of rotatable bonds is 27. The van der Waals surface area contributed by atoms with E-state index in [1.54, 1.807) is 18.2 Å². The molecule has 4 heteroatoms. The molecule has 0 aliphatic carbocycles. The van der Waals surface area contributed by atoms with Gasteiger partial charge in [0.25, 0.3) is 0 Å². The van der Waals surface area contributed by atoms with Crippen molar-refractivity contribution < 1.29 is 19.4 Å². The molecule has 0 bridgehead atoms. The average molecular weight is 519 g/mol. The second-order valence-electron chi connectivity index (χ2n) is 10.7. The molecule has 0 atom stereocenters. The van der Waals surface area contributed by atoms with Crippen LogP contribution in [0.2, 0.25) is 0 Å². The van der Waals surface area contributed by atoms with Crippen LogP contribution in [0.15, 0.2) is 18.2 Å². The topological polar surface area (TPSA) is 55.8 Å². The average Bonchev–Trinajstić information content (AvgIpc) is 2.90. The predicted octanol–water partition coefficient (Wildman–Crippen LogP) is 10.8. The van der Waals surface area contributed by atoms with Gasteiger partial charge in [-0.2, -0.15) is 0 Å². The van der Waals surface area contributed by atoms with E-state index in [4.69, 9.17) is 9.47 Å². The van der Waals surface area contributed by atoms with Gasteiger partial charge >= 0.3 is 5.97 Å². The maximum atomic E-state index is 11.4. The van der Waals surface area contributed by atoms with E-state index < -0.39 is 5.97 Å². The Bertz CT molecular complexity index is 658. The van der Waals surface area contributed by atoms with Crippen molar-refractivity contribution in [3.05, 3.63) is 23.8 Å². The summed E-state index contributed by atoms with van der Waals surface area (Å²) in [5.74, 6) is 0.298. The van der Waals surface area contributed by atoms with Crippen LogP contribution >= 0.6 is 0 Å². The van der Waals surface area contributed by atoms with Gasteiger partial charge in [0.2, 0.25) is 0 Å². The molecule has 0 fully saturated rings. The number of hydrogen-bond donors (Lipinski definition) is 1. The van der Waals surface area contributed by atoms with Crippen LogP contribution in [-0.2, 0) is 0 Å². The van der Waals surface area contributed by atoms with Gasteiger partial charge in [-0.3, -0.25) is 0 Å². The van der Waals surface area contributed by atoms with E-state index in [0.29, 0.717) is 24.7 Å². The number of carboxylic acids is 1. The normalized spacial score (nSPS) is 11.1. The van der Waals surface area contributed by atoms with Crippen LogP contribution in [0.25, 0.3) is 0 Å². The fraction of sp³-hybridized carbons (Fsp3) is 0.788. The summed E-state index contributed by atoms with van der Waals surface area (Å²) in [6.45, 7) is 5.79. The monoisotopic (exact) mass is 518 g/mol. The van der Waals surface area contributed by atoms with Crippen LogP contribution in [0.5, 0.6) is 11.5 Å². The molecule has 0 heterocycles. The van der Waals surface area contributed by atoms with Crippen LogP contribution in [-0.4, -0.2) is 24.3 Å². The molecule has 0 saturated carbocycles. The third-order valence-electron chi connectivity index (χ3n) is 7.20. The van der Waals surface area contributed by atoms with E-state index in [-0.39, 0.29) is 5.56 Å². The molecule has 0 saturated heterocycles. The van der Waals surface area contributed by atoms with E-state index in [9.17, 15) is 9.90 Å². The second-order valence-corrected chi connectivity index (χ2v) is 10.7. The van der Waals surface area contributed by atoms with E-state index in [1.165, 1.54) is 122 Å². The summed E-state index contributed by atoms with van der Waals surface area (Å²) in [7, 11) is 0. The third kappa shape index (κ3) is 19.1. The Morgan fingerprint density at radius 3 is 1.27 bits per heavy atom. The minimum atomic E-state index is -0.934. The molecule has 1 aromatic carbocycles. The molecule has 0 radical (unpaired) electrons. The van der Waals surface area contributed by atoms with Gasteiger partial charge in [-0.25, -0.2) is 4.79 Å². The molecule has 1 aromatic rings. The molecular formula is C33H58O4. The second kappa shape index (κ2) is 24.6. The van der Waals surface area contributed by atoms with Gasteiger partial charge in [-0.05, 0) is 31.0 Å². The highest BCUT2D eigenvalue weighted by Crippen LogP contribution is 2.29. The summed E-state index contributed by atoms with van der Waals surface area (Å²) in [5.41, 5.74) is 0.246. The Labute approximate surface area is 228 Å². The lowest BCUT2D eigenvalue weighted by Crippen LogP contribution is -2.05. The van der Waals surface area contributed by atoms with Crippen molar-refractivity contribution in [2.75, 3.05) is 13.2 Å². The number of aromatic carboxylic acids is 1. The van der Waals surface area contributed by atoms with E-state index in [2.05, 4.69) is 13.8 Å². The fourth-order valence-corrected chi connectivity index (χ4v) is 4.77. The number of carboxylic acid groups (broad SMARTS) is 1. The van der Waals surface area contributed by atoms with Gasteiger partial charge in [0.15, 0.2) is 11.5 Å². The van der Waals surface area contributed by atoms with Gasteiger partial charge in [0, 0.05) is 0 Å². The van der Waals surface area contributed by atoms with Crippen molar-refractivity contribution in [2.24, 2.45) is 0 Å². The molecule has 0 spiro atoms. The number of carbonyl (C=O) groups is 1. The van der Waals surface area contributed by atoms with Crippen molar-refractivity contribution >= 4 is 5.97 Å². The standard InChI is InChI=1S/C33H58O4/c1-3-5-7-9-11-13-15-17-19-21-23-27-36-31-26-25-30(33(34)35)29-32(31)37-28-24-22-20-18-16-14-12-10-8-6-4-2/h25-26,29H,3-24,27-28H2,1-2H3,(H,34,35). The molecule has 0 unspecified atom stereocenters. The Kier molecular flexibility index (Phi) is 22.2. The first-order valence-corrected chi connectivity index (χ1v) is 15.8. The zero-order chi connectivity index (χ0) is 26.8. The first kappa shape index (κ1) is 33.3. The first-order valence-electron chi connectivity index (χ1n) is 15.8. The minimum absolute atomic E-state index is 0.246. The predicted molar refractivity (Wildman–Crippen MR) is 157 cm³/mol. The fourth-order valence-electron chi connectivity index (χ4n) is 4.77. The smallest absolute Gasteiger partial charge is 0.335 e. The highest BCUT2D eigenvalue weighted by molar-refractivity contribution is 5.88. The van der Waals surface area contributed by atoms with Gasteiger partial charge in [-0.1, -0.05) is 142 Å². The maximum Gasteiger partial charge on any atom is 0.335 e. The Morgan fingerprint density at radius 2 is 0.892 bits per heavy atom. The SMILES string of the molecule is CCCCCCCCCCCCCOc1ccc(C(=O)O)cc1OCCCCCCCCCCCCC. The molecular weight excluding hydrogens is 460 g/mol. The van der Waals surface area contributed by atoms with Gasteiger partial charge in [0.05, 0.1) is 18.8 Å². The molecule has 0 aromatic heterocycles. The molecule has 1 N–H and O–H groups in total. The summed E-state index contributed by atoms with van der Waals surface area (Å²) in [6, 6.07) is 4.96. The van der Waals surface area contributed by atoms with Crippen LogP contribution in [0.1, 0.15) is 165 Å². The number of benzene rings is 1. The zero-order valence-electron chi connectivity index (χ0n) is 24.4. The summed E-state index contributed by atoms with van der Waals surface area (Å²) in [6.07, 6.45) is 28.6. The van der Waals surface area contributed by atoms with Crippen molar-refractivity contribution in [2.45, 2.75) is 155 Å². The van der Waals surface area contributed by atoms with E-state index >= 15 is 0 Å². The lowest BCUT2D eigenvalue weighted by molar-refractivity contribution is 0.0696. The summed E-state index contributed by atoms with van der Waals surface area (Å²) >= 11 is 0. The molecule has 0 aliphatic heterocycles. The van der Waals surface area contributed by atoms with Crippen molar-refractivity contribution in [1.29, 1.82) is 0 Å². The Morgan fingerprint density at radius 1 is 0.541 bits per heavy atom. The zero-order valence-corrected chi connectivity index (χ0v) is 24.4. The van der Waals surface area contributed by atoms with Gasteiger partial charge in [-0.15, -0.1) is 0 Å². The van der Waals surface area contributed by atoms with E-state index in [1.807, 2.05) is 0 Å². The highest BCUT2D eigenvalue weighted by atomic mass is 16.5. The number of unbranched alkanes of at least 4 members (excludes halogenated alkanes) is 20. The molecule has 214 valence electrons. The van der Waals surface area contributed by atoms with E-state index in [0.717, 1.165) is 19.3 Å². The van der Waals surface area contributed by atoms with Crippen LogP contribution in [0.4, 0.5) is 0 Å². The maximum absolute atomic E-state index is 11.4. The molecule has 1 rings (SSSR count). The van der Waals surface area contributed by atoms with Crippen molar-refractivity contribution in [1.82, 2.24) is 0 Å². The first-order chi connectivity index (χ1) is 18.2. The lowest BCUT2D eigenvalue weighted by Gasteiger charge is -2.14. The largest absolute Gasteiger partial charge is 0.490 e. The van der Waals surface area contributed by atoms with Crippen molar-refractivity contribution in [3.8, 4) is 11.5 Å². The molecule has 0 amide bonds.